The first-order chi connectivity index (χ1) is 7.18. The highest BCUT2D eigenvalue weighted by atomic mass is 32.2. The number of nitrogens with two attached hydrogens (primary N) is 1. The Labute approximate surface area is 90.7 Å². The maximum Gasteiger partial charge on any atom is 0.305 e. The molecule has 1 aromatic carbocycles. The second-order valence-electron chi connectivity index (χ2n) is 3.23. The second kappa shape index (κ2) is 4.08. The monoisotopic (exact) mass is 226 g/mol. The number of benzene rings is 1. The molecule has 0 spiro atoms. The van der Waals surface area contributed by atoms with Crippen LogP contribution >= 0.6 is 11.8 Å². The number of nitrogen functional groups attached to an aromatic ring is 1. The molecule has 80 valence electrons. The van der Waals surface area contributed by atoms with Crippen molar-refractivity contribution in [3.05, 3.63) is 28.3 Å². The van der Waals surface area contributed by atoms with Crippen LogP contribution in [0, 0.1) is 10.1 Å². The second-order valence-corrected chi connectivity index (χ2v) is 4.57. The molecule has 2 rings (SSSR count). The van der Waals surface area contributed by atoms with Gasteiger partial charge in [-0.25, -0.2) is 0 Å². The van der Waals surface area contributed by atoms with E-state index < -0.39 is 4.92 Å². The first kappa shape index (κ1) is 10.3. The maximum absolute atomic E-state index is 10.8. The predicted octanol–water partition coefficient (Wildman–Crippen LogP) is 1.67. The molecular formula is C9H10N2O3S. The third-order valence-electron chi connectivity index (χ3n) is 2.11. The standard InChI is InChI=1S/C9H10N2O3S/c10-7-2-1-3-8(9(7)11(12)13)15-6-4-14-5-6/h1-3,6H,4-5,10H2. The Kier molecular flexibility index (Phi) is 2.79. The molecule has 0 unspecified atom stereocenters. The normalized spacial score (nSPS) is 16.0. The van der Waals surface area contributed by atoms with E-state index in [1.54, 1.807) is 18.2 Å². The van der Waals surface area contributed by atoms with Crippen LogP contribution in [0.5, 0.6) is 0 Å². The summed E-state index contributed by atoms with van der Waals surface area (Å²) >= 11 is 1.45. The number of hydrogen-bond donors (Lipinski definition) is 1. The summed E-state index contributed by atoms with van der Waals surface area (Å²) in [5.74, 6) is 0. The number of anilines is 1. The molecule has 1 heterocycles. The lowest BCUT2D eigenvalue weighted by Crippen LogP contribution is -2.30. The average Bonchev–Trinajstić information content (AvgIpc) is 2.10. The zero-order valence-corrected chi connectivity index (χ0v) is 8.70. The van der Waals surface area contributed by atoms with E-state index in [4.69, 9.17) is 10.5 Å². The molecule has 1 saturated heterocycles. The van der Waals surface area contributed by atoms with Crippen molar-refractivity contribution in [1.29, 1.82) is 0 Å². The van der Waals surface area contributed by atoms with Crippen LogP contribution in [0.15, 0.2) is 23.1 Å². The molecular weight excluding hydrogens is 216 g/mol. The zero-order valence-electron chi connectivity index (χ0n) is 7.88. The summed E-state index contributed by atoms with van der Waals surface area (Å²) in [4.78, 5) is 11.0. The molecule has 1 aromatic rings. The highest BCUT2D eigenvalue weighted by molar-refractivity contribution is 8.00. The van der Waals surface area contributed by atoms with E-state index in [0.29, 0.717) is 23.4 Å². The largest absolute Gasteiger partial charge is 0.393 e. The summed E-state index contributed by atoms with van der Waals surface area (Å²) < 4.78 is 5.02. The SMILES string of the molecule is Nc1cccc(SC2COC2)c1[N+](=O)[O-]. The fraction of sp³-hybridized carbons (Fsp3) is 0.333. The quantitative estimate of drug-likeness (QED) is 0.482. The van der Waals surface area contributed by atoms with Crippen LogP contribution in [-0.2, 0) is 4.74 Å². The lowest BCUT2D eigenvalue weighted by molar-refractivity contribution is -0.386. The van der Waals surface area contributed by atoms with Gasteiger partial charge in [-0.3, -0.25) is 10.1 Å². The van der Waals surface area contributed by atoms with Crippen molar-refractivity contribution < 1.29 is 9.66 Å². The number of thioether (sulfide) groups is 1. The minimum Gasteiger partial charge on any atom is -0.393 e. The van der Waals surface area contributed by atoms with Gasteiger partial charge in [-0.15, -0.1) is 11.8 Å². The maximum atomic E-state index is 10.8. The number of nitrogens with zero attached hydrogens (tertiary/aromatic N) is 1. The predicted molar refractivity (Wildman–Crippen MR) is 58.0 cm³/mol. The van der Waals surface area contributed by atoms with Crippen LogP contribution in [0.4, 0.5) is 11.4 Å². The van der Waals surface area contributed by atoms with Gasteiger partial charge in [-0.2, -0.15) is 0 Å². The Balaban J connectivity index is 2.27. The zero-order chi connectivity index (χ0) is 10.8. The van der Waals surface area contributed by atoms with Gasteiger partial charge in [0.15, 0.2) is 0 Å². The van der Waals surface area contributed by atoms with Crippen molar-refractivity contribution in [2.75, 3.05) is 18.9 Å². The van der Waals surface area contributed by atoms with Crippen LogP contribution in [0.1, 0.15) is 0 Å². The van der Waals surface area contributed by atoms with Gasteiger partial charge in [0.2, 0.25) is 0 Å². The van der Waals surface area contributed by atoms with E-state index in [-0.39, 0.29) is 11.4 Å². The summed E-state index contributed by atoms with van der Waals surface area (Å²) in [6.07, 6.45) is 0. The van der Waals surface area contributed by atoms with Gasteiger partial charge in [0.25, 0.3) is 0 Å². The molecule has 0 aromatic heterocycles. The van der Waals surface area contributed by atoms with Crippen molar-refractivity contribution in [3.8, 4) is 0 Å². The van der Waals surface area contributed by atoms with Gasteiger partial charge in [0, 0.05) is 0 Å². The first-order valence-corrected chi connectivity index (χ1v) is 5.33. The summed E-state index contributed by atoms with van der Waals surface area (Å²) in [6.45, 7) is 1.30. The molecule has 6 heteroatoms. The van der Waals surface area contributed by atoms with Gasteiger partial charge in [0.05, 0.1) is 28.3 Å². The van der Waals surface area contributed by atoms with Gasteiger partial charge in [-0.1, -0.05) is 6.07 Å². The Morgan fingerprint density at radius 3 is 2.80 bits per heavy atom. The number of nitro groups is 1. The van der Waals surface area contributed by atoms with E-state index >= 15 is 0 Å². The summed E-state index contributed by atoms with van der Waals surface area (Å²) in [7, 11) is 0. The Bertz CT molecular complexity index is 393. The highest BCUT2D eigenvalue weighted by Gasteiger charge is 2.25. The Morgan fingerprint density at radius 2 is 2.27 bits per heavy atom. The third-order valence-corrected chi connectivity index (χ3v) is 3.30. The lowest BCUT2D eigenvalue weighted by Gasteiger charge is -2.25. The fourth-order valence-electron chi connectivity index (χ4n) is 1.29. The van der Waals surface area contributed by atoms with Crippen LogP contribution in [0.25, 0.3) is 0 Å². The number of nitro benzene ring substituents is 1. The van der Waals surface area contributed by atoms with E-state index in [9.17, 15) is 10.1 Å². The molecule has 15 heavy (non-hydrogen) atoms. The average molecular weight is 226 g/mol. The molecule has 0 atom stereocenters. The van der Waals surface area contributed by atoms with Crippen LogP contribution in [0.3, 0.4) is 0 Å². The van der Waals surface area contributed by atoms with Crippen molar-refractivity contribution in [1.82, 2.24) is 0 Å². The lowest BCUT2D eigenvalue weighted by atomic mass is 10.3. The van der Waals surface area contributed by atoms with Crippen LogP contribution in [-0.4, -0.2) is 23.4 Å². The Morgan fingerprint density at radius 1 is 1.53 bits per heavy atom. The van der Waals surface area contributed by atoms with Crippen molar-refractivity contribution in [2.24, 2.45) is 0 Å². The van der Waals surface area contributed by atoms with Gasteiger partial charge in [0.1, 0.15) is 5.69 Å². The number of ether oxygens (including phenoxy) is 1. The first-order valence-electron chi connectivity index (χ1n) is 4.46. The van der Waals surface area contributed by atoms with Crippen molar-refractivity contribution >= 4 is 23.1 Å². The highest BCUT2D eigenvalue weighted by Crippen LogP contribution is 2.37. The molecule has 0 aliphatic carbocycles. The number of hydrogen-bond acceptors (Lipinski definition) is 5. The summed E-state index contributed by atoms with van der Waals surface area (Å²) in [5.41, 5.74) is 5.79. The molecule has 1 aliphatic heterocycles. The minimum atomic E-state index is -0.433. The summed E-state index contributed by atoms with van der Waals surface area (Å²) in [6, 6.07) is 4.99. The molecule has 0 amide bonds. The van der Waals surface area contributed by atoms with Crippen LogP contribution in [0.2, 0.25) is 0 Å². The van der Waals surface area contributed by atoms with Crippen molar-refractivity contribution in [2.45, 2.75) is 10.1 Å². The van der Waals surface area contributed by atoms with Gasteiger partial charge >= 0.3 is 5.69 Å². The molecule has 1 fully saturated rings. The van der Waals surface area contributed by atoms with Crippen LogP contribution < -0.4 is 5.73 Å². The minimum absolute atomic E-state index is 0.00870. The fourth-order valence-corrected chi connectivity index (χ4v) is 2.44. The van der Waals surface area contributed by atoms with E-state index in [1.165, 1.54) is 11.8 Å². The van der Waals surface area contributed by atoms with Crippen molar-refractivity contribution in [3.63, 3.8) is 0 Å². The van der Waals surface area contributed by atoms with E-state index in [1.807, 2.05) is 0 Å². The molecule has 0 bridgehead atoms. The topological polar surface area (TPSA) is 78.4 Å². The molecule has 1 aliphatic rings. The van der Waals surface area contributed by atoms with Gasteiger partial charge < -0.3 is 10.5 Å². The Hall–Kier alpha value is -1.27. The third kappa shape index (κ3) is 2.05. The molecule has 0 saturated carbocycles. The number of rotatable bonds is 3. The number of para-hydroxylation sites is 1. The smallest absolute Gasteiger partial charge is 0.305 e. The van der Waals surface area contributed by atoms with E-state index in [0.717, 1.165) is 0 Å². The van der Waals surface area contributed by atoms with Gasteiger partial charge in [-0.05, 0) is 12.1 Å². The van der Waals surface area contributed by atoms with E-state index in [2.05, 4.69) is 0 Å². The summed E-state index contributed by atoms with van der Waals surface area (Å²) in [5, 5.41) is 11.1. The molecule has 2 N–H and O–H groups in total. The molecule has 0 radical (unpaired) electrons. The molecule has 5 nitrogen and oxygen atoms in total.